The molecule has 3 nitrogen and oxygen atoms in total. The molecule has 0 spiro atoms. The van der Waals surface area contributed by atoms with E-state index in [4.69, 9.17) is 9.47 Å². The van der Waals surface area contributed by atoms with Crippen LogP contribution < -0.4 is 0 Å². The van der Waals surface area contributed by atoms with Crippen LogP contribution in [-0.2, 0) is 9.47 Å². The van der Waals surface area contributed by atoms with Crippen molar-refractivity contribution in [3.63, 3.8) is 0 Å². The lowest BCUT2D eigenvalue weighted by atomic mass is 9.99. The number of hydrogen-bond acceptors (Lipinski definition) is 3. The topological polar surface area (TPSA) is 38.7 Å². The molecule has 3 aliphatic rings. The van der Waals surface area contributed by atoms with Crippen molar-refractivity contribution in [2.75, 3.05) is 6.61 Å². The fraction of sp³-hybridized carbons (Fsp3) is 1.00. The Morgan fingerprint density at radius 1 is 1.36 bits per heavy atom. The normalized spacial score (nSPS) is 58.3. The molecule has 3 fully saturated rings. The van der Waals surface area contributed by atoms with E-state index >= 15 is 0 Å². The van der Waals surface area contributed by atoms with Gasteiger partial charge >= 0.3 is 0 Å². The third kappa shape index (κ3) is 0.884. The third-order valence-corrected chi connectivity index (χ3v) is 4.32. The zero-order valence-corrected chi connectivity index (χ0v) is 8.99. The average Bonchev–Trinajstić information content (AvgIpc) is 2.71. The first-order chi connectivity index (χ1) is 6.50. The zero-order chi connectivity index (χ0) is 10.1. The summed E-state index contributed by atoms with van der Waals surface area (Å²) in [6.45, 7) is 6.39. The molecule has 2 saturated carbocycles. The minimum absolute atomic E-state index is 0.0395. The van der Waals surface area contributed by atoms with E-state index in [2.05, 4.69) is 6.92 Å². The molecule has 2 aliphatic carbocycles. The molecular weight excluding hydrogens is 180 g/mol. The molecule has 0 bridgehead atoms. The minimum Gasteiger partial charge on any atom is -0.396 e. The Bertz CT molecular complexity index is 276. The molecule has 0 unspecified atom stereocenters. The van der Waals surface area contributed by atoms with Gasteiger partial charge in [0.15, 0.2) is 5.79 Å². The quantitative estimate of drug-likeness (QED) is 0.687. The van der Waals surface area contributed by atoms with Crippen molar-refractivity contribution in [1.29, 1.82) is 0 Å². The molecule has 1 N–H and O–H groups in total. The Balaban J connectivity index is 1.91. The highest BCUT2D eigenvalue weighted by Crippen LogP contribution is 2.69. The first-order valence-corrected chi connectivity index (χ1v) is 5.47. The van der Waals surface area contributed by atoms with Crippen LogP contribution in [0.4, 0.5) is 0 Å². The highest BCUT2D eigenvalue weighted by Gasteiger charge is 2.73. The fourth-order valence-electron chi connectivity index (χ4n) is 3.51. The minimum atomic E-state index is -0.459. The van der Waals surface area contributed by atoms with Crippen molar-refractivity contribution in [3.05, 3.63) is 0 Å². The molecule has 3 rings (SSSR count). The number of fused-ring (bicyclic) bond motifs is 3. The maximum absolute atomic E-state index is 9.47. The Morgan fingerprint density at radius 3 is 2.71 bits per heavy atom. The van der Waals surface area contributed by atoms with Crippen LogP contribution in [0.3, 0.4) is 0 Å². The molecule has 0 radical (unpaired) electrons. The van der Waals surface area contributed by atoms with Gasteiger partial charge in [-0.05, 0) is 32.1 Å². The van der Waals surface area contributed by atoms with Crippen LogP contribution in [0.2, 0.25) is 0 Å². The number of hydrogen-bond donors (Lipinski definition) is 1. The van der Waals surface area contributed by atoms with E-state index in [0.29, 0.717) is 11.8 Å². The Morgan fingerprint density at radius 2 is 2.07 bits per heavy atom. The van der Waals surface area contributed by atoms with Crippen molar-refractivity contribution in [1.82, 2.24) is 0 Å². The monoisotopic (exact) mass is 198 g/mol. The summed E-state index contributed by atoms with van der Waals surface area (Å²) in [5.41, 5.74) is 0.0395. The molecule has 0 aromatic rings. The third-order valence-electron chi connectivity index (χ3n) is 4.32. The molecule has 0 aromatic carbocycles. The molecule has 5 atom stereocenters. The van der Waals surface area contributed by atoms with Crippen LogP contribution in [0, 0.1) is 17.3 Å². The van der Waals surface area contributed by atoms with E-state index < -0.39 is 5.79 Å². The smallest absolute Gasteiger partial charge is 0.163 e. The molecule has 1 aliphatic heterocycles. The lowest BCUT2D eigenvalue weighted by Gasteiger charge is -2.21. The molecule has 0 amide bonds. The second-order valence-electron chi connectivity index (χ2n) is 5.58. The van der Waals surface area contributed by atoms with Crippen LogP contribution in [0.1, 0.15) is 27.2 Å². The van der Waals surface area contributed by atoms with E-state index in [1.807, 2.05) is 13.8 Å². The summed E-state index contributed by atoms with van der Waals surface area (Å²) < 4.78 is 11.8. The van der Waals surface area contributed by atoms with Gasteiger partial charge in [0.2, 0.25) is 0 Å². The van der Waals surface area contributed by atoms with Gasteiger partial charge in [0.1, 0.15) is 0 Å². The van der Waals surface area contributed by atoms with Crippen molar-refractivity contribution in [3.8, 4) is 0 Å². The van der Waals surface area contributed by atoms with Gasteiger partial charge in [-0.3, -0.25) is 0 Å². The fourth-order valence-corrected chi connectivity index (χ4v) is 3.51. The van der Waals surface area contributed by atoms with Gasteiger partial charge in [0.05, 0.1) is 18.8 Å². The van der Waals surface area contributed by atoms with Crippen molar-refractivity contribution in [2.45, 2.75) is 45.2 Å². The molecule has 1 saturated heterocycles. The summed E-state index contributed by atoms with van der Waals surface area (Å²) in [6.07, 6.45) is 1.45. The van der Waals surface area contributed by atoms with Crippen molar-refractivity contribution in [2.24, 2.45) is 17.3 Å². The van der Waals surface area contributed by atoms with Crippen molar-refractivity contribution < 1.29 is 14.6 Å². The van der Waals surface area contributed by atoms with Crippen LogP contribution in [0.5, 0.6) is 0 Å². The van der Waals surface area contributed by atoms with Crippen LogP contribution in [0.25, 0.3) is 0 Å². The first kappa shape index (κ1) is 9.13. The summed E-state index contributed by atoms with van der Waals surface area (Å²) in [7, 11) is 0. The first-order valence-electron chi connectivity index (χ1n) is 5.47. The van der Waals surface area contributed by atoms with E-state index in [1.165, 1.54) is 0 Å². The molecule has 3 heteroatoms. The lowest BCUT2D eigenvalue weighted by Crippen LogP contribution is -2.31. The highest BCUT2D eigenvalue weighted by atomic mass is 16.8. The van der Waals surface area contributed by atoms with Gasteiger partial charge in [-0.1, -0.05) is 6.92 Å². The predicted octanol–water partition coefficient (Wildman–Crippen LogP) is 1.15. The van der Waals surface area contributed by atoms with E-state index in [-0.39, 0.29) is 24.2 Å². The Hall–Kier alpha value is -0.120. The van der Waals surface area contributed by atoms with Crippen LogP contribution in [-0.4, -0.2) is 29.7 Å². The van der Waals surface area contributed by atoms with Gasteiger partial charge in [-0.15, -0.1) is 0 Å². The Labute approximate surface area is 84.4 Å². The van der Waals surface area contributed by atoms with Crippen LogP contribution in [0.15, 0.2) is 0 Å². The summed E-state index contributed by atoms with van der Waals surface area (Å²) in [6, 6.07) is 0. The highest BCUT2D eigenvalue weighted by molar-refractivity contribution is 5.20. The van der Waals surface area contributed by atoms with Gasteiger partial charge in [-0.25, -0.2) is 0 Å². The summed E-state index contributed by atoms with van der Waals surface area (Å²) in [5, 5.41) is 9.47. The molecule has 1 heterocycles. The molecule has 14 heavy (non-hydrogen) atoms. The Kier molecular flexibility index (Phi) is 1.53. The SMILES string of the molecule is C[C@@H]1[C@@H]2OC(C)(C)O[C@@H]2[C@@]2(CO)C[C@H]12. The average molecular weight is 198 g/mol. The van der Waals surface area contributed by atoms with Gasteiger partial charge < -0.3 is 14.6 Å². The van der Waals surface area contributed by atoms with E-state index in [1.54, 1.807) is 0 Å². The second-order valence-corrected chi connectivity index (χ2v) is 5.58. The summed E-state index contributed by atoms with van der Waals surface area (Å²) >= 11 is 0. The summed E-state index contributed by atoms with van der Waals surface area (Å²) in [5.74, 6) is 0.701. The lowest BCUT2D eigenvalue weighted by molar-refractivity contribution is -0.163. The predicted molar refractivity (Wildman–Crippen MR) is 50.6 cm³/mol. The van der Waals surface area contributed by atoms with E-state index in [9.17, 15) is 5.11 Å². The zero-order valence-electron chi connectivity index (χ0n) is 8.99. The van der Waals surface area contributed by atoms with Gasteiger partial charge in [0.25, 0.3) is 0 Å². The number of aliphatic hydroxyl groups is 1. The number of rotatable bonds is 1. The standard InChI is InChI=1S/C11H18O3/c1-6-7-4-11(7,5-12)9-8(6)13-10(2,3)14-9/h6-9,12H,4-5H2,1-3H3/t6-,7+,8-,9-,11+/m0/s1. The van der Waals surface area contributed by atoms with Gasteiger partial charge in [-0.2, -0.15) is 0 Å². The molecule has 0 aromatic heterocycles. The van der Waals surface area contributed by atoms with Crippen molar-refractivity contribution >= 4 is 0 Å². The van der Waals surface area contributed by atoms with Crippen LogP contribution >= 0.6 is 0 Å². The second kappa shape index (κ2) is 2.34. The number of ether oxygens (including phenoxy) is 2. The molecular formula is C11H18O3. The van der Waals surface area contributed by atoms with E-state index in [0.717, 1.165) is 6.42 Å². The number of aliphatic hydroxyl groups excluding tert-OH is 1. The molecule has 80 valence electrons. The largest absolute Gasteiger partial charge is 0.396 e. The maximum atomic E-state index is 9.47. The summed E-state index contributed by atoms with van der Waals surface area (Å²) in [4.78, 5) is 0. The van der Waals surface area contributed by atoms with Gasteiger partial charge in [0, 0.05) is 5.41 Å². The maximum Gasteiger partial charge on any atom is 0.163 e.